The van der Waals surface area contributed by atoms with Gasteiger partial charge in [0.15, 0.2) is 8.07 Å². The normalized spacial score (nSPS) is 20.6. The highest BCUT2D eigenvalue weighted by Gasteiger charge is 2.41. The van der Waals surface area contributed by atoms with Gasteiger partial charge >= 0.3 is 0 Å². The number of hydrogen-bond acceptors (Lipinski definition) is 1. The Kier molecular flexibility index (Phi) is 2.24. The second kappa shape index (κ2) is 9.72. The lowest BCUT2D eigenvalue weighted by Crippen LogP contribution is -2.74. The first-order valence-electron chi connectivity index (χ1n) is 25.3. The van der Waals surface area contributed by atoms with E-state index in [1.54, 1.807) is 0 Å². The molecule has 0 fully saturated rings. The Morgan fingerprint density at radius 3 is 1.69 bits per heavy atom. The van der Waals surface area contributed by atoms with Crippen molar-refractivity contribution in [3.63, 3.8) is 0 Å². The van der Waals surface area contributed by atoms with Crippen molar-refractivity contribution in [3.8, 4) is 5.69 Å². The number of benzene rings is 6. The minimum absolute atomic E-state index is 0.0608. The number of nitrogens with zero attached hydrogens (tertiary/aromatic N) is 3. The van der Waals surface area contributed by atoms with E-state index in [4.69, 9.17) is 21.9 Å². The van der Waals surface area contributed by atoms with Crippen LogP contribution in [0, 0.1) is 6.92 Å². The van der Waals surface area contributed by atoms with E-state index in [0.29, 0.717) is 0 Å². The van der Waals surface area contributed by atoms with Crippen LogP contribution in [-0.2, 0) is 0 Å². The fourth-order valence-electron chi connectivity index (χ4n) is 4.97. The Balaban J connectivity index is 1.81. The van der Waals surface area contributed by atoms with Gasteiger partial charge in [-0.1, -0.05) is 121 Å². The molecule has 0 atom stereocenters. The molecule has 42 heavy (non-hydrogen) atoms. The van der Waals surface area contributed by atoms with Crippen molar-refractivity contribution in [2.75, 3.05) is 0 Å². The maximum atomic E-state index is 10.2. The van der Waals surface area contributed by atoms with Crippen molar-refractivity contribution in [2.45, 2.75) is 6.92 Å². The highest BCUT2D eigenvalue weighted by atomic mass is 28.3. The molecule has 2 aromatic heterocycles. The molecule has 200 valence electrons. The van der Waals surface area contributed by atoms with Gasteiger partial charge in [-0.15, -0.1) is 0 Å². The fourth-order valence-corrected chi connectivity index (χ4v) is 8.52. The van der Waals surface area contributed by atoms with Gasteiger partial charge in [0.2, 0.25) is 5.78 Å². The monoisotopic (exact) mass is 581 g/mol. The van der Waals surface area contributed by atoms with Crippen LogP contribution in [0.3, 0.4) is 0 Å². The third-order valence-corrected chi connectivity index (χ3v) is 10.7. The minimum atomic E-state index is -6.31. The van der Waals surface area contributed by atoms with Crippen LogP contribution in [0.1, 0.15) is 41.2 Å². The summed E-state index contributed by atoms with van der Waals surface area (Å²) in [6.45, 7) is 1.34. The first-order chi connectivity index (χ1) is 31.6. The number of hydrogen-bond donors (Lipinski definition) is 0. The summed E-state index contributed by atoms with van der Waals surface area (Å²) in [4.78, 5) is 4.47. The largest absolute Gasteiger partial charge is 0.278 e. The van der Waals surface area contributed by atoms with E-state index in [2.05, 4.69) is 4.98 Å². The Bertz CT molecular complexity index is 3420. The summed E-state index contributed by atoms with van der Waals surface area (Å²) in [5, 5.41) is -4.43. The minimum Gasteiger partial charge on any atom is -0.278 e. The van der Waals surface area contributed by atoms with Crippen LogP contribution in [0.15, 0.2) is 157 Å². The molecular weight excluding hydrogens is 527 g/mol. The molecule has 0 amide bonds. The summed E-state index contributed by atoms with van der Waals surface area (Å²) >= 11 is 0. The molecule has 0 aliphatic heterocycles. The molecular formula is C38H29N3Si. The number of aromatic nitrogens is 3. The number of fused-ring (bicyclic) bond motifs is 5. The van der Waals surface area contributed by atoms with Crippen LogP contribution in [0.4, 0.5) is 0 Å². The molecule has 4 heteroatoms. The lowest BCUT2D eigenvalue weighted by molar-refractivity contribution is 1.11. The summed E-state index contributed by atoms with van der Waals surface area (Å²) in [5.41, 5.74) is -2.78. The van der Waals surface area contributed by atoms with Gasteiger partial charge < -0.3 is 0 Å². The maximum absolute atomic E-state index is 10.2. The molecule has 0 unspecified atom stereocenters. The molecule has 0 saturated heterocycles. The summed E-state index contributed by atoms with van der Waals surface area (Å²) in [6.07, 6.45) is 0. The van der Waals surface area contributed by atoms with Crippen LogP contribution >= 0.6 is 0 Å². The van der Waals surface area contributed by atoms with Crippen LogP contribution < -0.4 is 20.7 Å². The SMILES string of the molecule is [2H]c1c([2H])c([2H])c([Si](c2c([2H])c([2H])c([2H])c([2H])c2[2H])(c2c([2H])c([2H])c([2H])c([2H])c2[2H])c2c([2H])c([2H])c([2H])c(-n3c4c([2H])c([2H])c([2H])c([2H])c4n4c5c([2H])c(C)c([2H])c([2H])c5nc34)c2[2H])c([2H])c1[2H]. The second-order valence-corrected chi connectivity index (χ2v) is 12.5. The smallest absolute Gasteiger partial charge is 0.220 e. The third kappa shape index (κ3) is 3.62. The van der Waals surface area contributed by atoms with E-state index in [9.17, 15) is 13.7 Å². The first-order valence-corrected chi connectivity index (χ1v) is 14.3. The first kappa shape index (κ1) is 9.68. The topological polar surface area (TPSA) is 22.2 Å². The van der Waals surface area contributed by atoms with Crippen molar-refractivity contribution in [1.82, 2.24) is 14.0 Å². The van der Waals surface area contributed by atoms with Crippen LogP contribution in [0.2, 0.25) is 0 Å². The molecule has 0 bridgehead atoms. The third-order valence-electron chi connectivity index (χ3n) is 6.67. The highest BCUT2D eigenvalue weighted by molar-refractivity contribution is 7.19. The van der Waals surface area contributed by atoms with Gasteiger partial charge in [0.05, 0.1) is 57.7 Å². The average Bonchev–Trinajstić information content (AvgIpc) is 3.85. The van der Waals surface area contributed by atoms with Gasteiger partial charge in [0.1, 0.15) is 0 Å². The molecule has 6 aromatic carbocycles. The van der Waals surface area contributed by atoms with Gasteiger partial charge in [-0.2, -0.15) is 0 Å². The van der Waals surface area contributed by atoms with Gasteiger partial charge in [-0.3, -0.25) is 8.97 Å². The van der Waals surface area contributed by atoms with E-state index in [-0.39, 0.29) is 16.6 Å². The molecule has 8 rings (SSSR count). The maximum Gasteiger partial charge on any atom is 0.220 e. The predicted molar refractivity (Wildman–Crippen MR) is 178 cm³/mol. The van der Waals surface area contributed by atoms with Crippen molar-refractivity contribution >= 4 is 56.7 Å². The fraction of sp³-hybridized carbons (Fsp3) is 0.0263. The van der Waals surface area contributed by atoms with Crippen LogP contribution in [-0.4, -0.2) is 22.0 Å². The van der Waals surface area contributed by atoms with Crippen molar-refractivity contribution in [1.29, 1.82) is 0 Å². The van der Waals surface area contributed by atoms with Gasteiger partial charge in [-0.05, 0) is 69.5 Å². The number of rotatable bonds is 5. The summed E-state index contributed by atoms with van der Waals surface area (Å²) in [5.74, 6) is -0.584. The highest BCUT2D eigenvalue weighted by Crippen LogP contribution is 2.29. The zero-order chi connectivity index (χ0) is 50.7. The predicted octanol–water partition coefficient (Wildman–Crippen LogP) is 6.12. The van der Waals surface area contributed by atoms with Gasteiger partial charge in [0.25, 0.3) is 0 Å². The molecule has 0 spiro atoms. The van der Waals surface area contributed by atoms with Crippen molar-refractivity contribution < 1.29 is 35.6 Å². The van der Waals surface area contributed by atoms with Crippen LogP contribution in [0.25, 0.3) is 33.5 Å². The van der Waals surface area contributed by atoms with E-state index in [0.717, 1.165) is 8.97 Å². The zero-order valence-corrected chi connectivity index (χ0v) is 22.3. The zero-order valence-electron chi connectivity index (χ0n) is 47.3. The van der Waals surface area contributed by atoms with Gasteiger partial charge in [0, 0.05) is 5.69 Å². The van der Waals surface area contributed by atoms with Crippen molar-refractivity contribution in [2.24, 2.45) is 0 Å². The van der Waals surface area contributed by atoms with E-state index in [1.807, 2.05) is 0 Å². The number of para-hydroxylation sites is 2. The van der Waals surface area contributed by atoms with Crippen molar-refractivity contribution in [3.05, 3.63) is 163 Å². The summed E-state index contributed by atoms with van der Waals surface area (Å²) in [6, 6.07) is -27.2. The molecule has 0 N–H and O–H groups in total. The quantitative estimate of drug-likeness (QED) is 0.177. The van der Waals surface area contributed by atoms with E-state index < -0.39 is 208 Å². The Hall–Kier alpha value is -5.19. The lowest BCUT2D eigenvalue weighted by Gasteiger charge is -2.34. The average molecular weight is 582 g/mol. The van der Waals surface area contributed by atoms with Gasteiger partial charge in [-0.25, -0.2) is 4.98 Å². The number of imidazole rings is 2. The Morgan fingerprint density at radius 2 is 1.07 bits per heavy atom. The van der Waals surface area contributed by atoms with E-state index in [1.165, 1.54) is 6.92 Å². The Labute approximate surface area is 282 Å². The molecule has 2 heterocycles. The molecule has 0 saturated carbocycles. The molecule has 0 aliphatic rings. The molecule has 0 aliphatic carbocycles. The lowest BCUT2D eigenvalue weighted by atomic mass is 10.2. The van der Waals surface area contributed by atoms with E-state index >= 15 is 0 Å². The molecule has 8 aromatic rings. The Morgan fingerprint density at radius 1 is 0.524 bits per heavy atom. The summed E-state index contributed by atoms with van der Waals surface area (Å²) < 4.78 is 237. The summed E-state index contributed by atoms with van der Waals surface area (Å²) in [7, 11) is -6.31. The molecule has 3 nitrogen and oxygen atoms in total. The standard InChI is InChI=1S/C38H29N3Si/c1-28-24-25-34-37(26-28)41-36-23-12-11-22-35(36)40(38(41)39-34)29-14-13-21-33(27-29)42(30-15-5-2-6-16-30,31-17-7-3-8-18-31)32-19-9-4-10-20-32/h2-27H,1H3/i2D,3D,4D,5D,6D,7D,8D,9D,10D,11D,12D,13D,14D,15D,16D,17D,18D,19D,20D,21D,22D,23D,24D,25D,26D,27D. The second-order valence-electron chi connectivity index (χ2n) is 8.95. The molecule has 0 radical (unpaired) electrons. The van der Waals surface area contributed by atoms with Crippen LogP contribution in [0.5, 0.6) is 0 Å².